The number of aryl methyl sites for hydroxylation is 1. The first kappa shape index (κ1) is 28.2. The molecular weight excluding hydrogens is 511 g/mol. The van der Waals surface area contributed by atoms with Crippen molar-refractivity contribution in [3.05, 3.63) is 109 Å². The molecule has 3 aromatic carbocycles. The SMILES string of the molecule is C=CC(=O)OCC1CCc2cc(-c3ccc(-c4ccc(OC(=O)C(=C)C)c(OC(=O)C(=C)C)c4)cc3F)ccc21. The van der Waals surface area contributed by atoms with E-state index in [1.54, 1.807) is 18.2 Å². The molecule has 40 heavy (non-hydrogen) atoms. The van der Waals surface area contributed by atoms with Gasteiger partial charge in [0.25, 0.3) is 0 Å². The van der Waals surface area contributed by atoms with Gasteiger partial charge < -0.3 is 14.2 Å². The monoisotopic (exact) mass is 540 g/mol. The number of hydrogen-bond donors (Lipinski definition) is 0. The first-order valence-electron chi connectivity index (χ1n) is 12.7. The van der Waals surface area contributed by atoms with Crippen molar-refractivity contribution < 1.29 is 33.0 Å². The lowest BCUT2D eigenvalue weighted by atomic mass is 9.95. The van der Waals surface area contributed by atoms with E-state index in [9.17, 15) is 14.4 Å². The molecule has 0 heterocycles. The summed E-state index contributed by atoms with van der Waals surface area (Å²) in [5.41, 5.74) is 4.81. The molecular formula is C33H29FO6. The Morgan fingerprint density at radius 1 is 0.875 bits per heavy atom. The average molecular weight is 541 g/mol. The zero-order valence-corrected chi connectivity index (χ0v) is 22.4. The fraction of sp³-hybridized carbons (Fsp3) is 0.182. The van der Waals surface area contributed by atoms with Crippen molar-refractivity contribution in [2.24, 2.45) is 0 Å². The smallest absolute Gasteiger partial charge is 0.338 e. The number of fused-ring (bicyclic) bond motifs is 1. The molecule has 0 fully saturated rings. The molecule has 7 heteroatoms. The summed E-state index contributed by atoms with van der Waals surface area (Å²) >= 11 is 0. The van der Waals surface area contributed by atoms with Gasteiger partial charge in [0.1, 0.15) is 5.82 Å². The molecule has 0 spiro atoms. The summed E-state index contributed by atoms with van der Waals surface area (Å²) in [6.45, 7) is 13.8. The molecule has 1 unspecified atom stereocenters. The van der Waals surface area contributed by atoms with Gasteiger partial charge in [-0.2, -0.15) is 0 Å². The van der Waals surface area contributed by atoms with Crippen LogP contribution >= 0.6 is 0 Å². The van der Waals surface area contributed by atoms with Crippen molar-refractivity contribution in [3.63, 3.8) is 0 Å². The molecule has 6 nitrogen and oxygen atoms in total. The van der Waals surface area contributed by atoms with Gasteiger partial charge in [0.2, 0.25) is 0 Å². The highest BCUT2D eigenvalue weighted by atomic mass is 19.1. The highest BCUT2D eigenvalue weighted by Crippen LogP contribution is 2.38. The van der Waals surface area contributed by atoms with E-state index in [4.69, 9.17) is 14.2 Å². The van der Waals surface area contributed by atoms with Crippen LogP contribution in [0.2, 0.25) is 0 Å². The quantitative estimate of drug-likeness (QED) is 0.167. The predicted octanol–water partition coefficient (Wildman–Crippen LogP) is 6.88. The summed E-state index contributed by atoms with van der Waals surface area (Å²) in [6, 6.07) is 15.3. The highest BCUT2D eigenvalue weighted by Gasteiger charge is 2.24. The van der Waals surface area contributed by atoms with Gasteiger partial charge in [0.15, 0.2) is 11.5 Å². The van der Waals surface area contributed by atoms with Crippen molar-refractivity contribution in [2.75, 3.05) is 6.61 Å². The molecule has 0 aromatic heterocycles. The van der Waals surface area contributed by atoms with E-state index in [0.29, 0.717) is 16.7 Å². The van der Waals surface area contributed by atoms with E-state index in [1.807, 2.05) is 18.2 Å². The van der Waals surface area contributed by atoms with Crippen LogP contribution in [0.3, 0.4) is 0 Å². The molecule has 1 aliphatic rings. The number of esters is 3. The Morgan fingerprint density at radius 2 is 1.50 bits per heavy atom. The predicted molar refractivity (Wildman–Crippen MR) is 150 cm³/mol. The number of ether oxygens (including phenoxy) is 3. The highest BCUT2D eigenvalue weighted by molar-refractivity contribution is 5.91. The summed E-state index contributed by atoms with van der Waals surface area (Å²) < 4.78 is 31.3. The topological polar surface area (TPSA) is 78.9 Å². The van der Waals surface area contributed by atoms with Crippen molar-refractivity contribution >= 4 is 17.9 Å². The number of carbonyl (C=O) groups excluding carboxylic acids is 3. The third-order valence-electron chi connectivity index (χ3n) is 6.60. The van der Waals surface area contributed by atoms with E-state index in [-0.39, 0.29) is 35.2 Å². The van der Waals surface area contributed by atoms with E-state index in [1.165, 1.54) is 32.0 Å². The molecule has 0 N–H and O–H groups in total. The van der Waals surface area contributed by atoms with Gasteiger partial charge in [0, 0.05) is 28.7 Å². The van der Waals surface area contributed by atoms with Crippen LogP contribution in [0, 0.1) is 5.82 Å². The van der Waals surface area contributed by atoms with Crippen molar-refractivity contribution in [3.8, 4) is 33.8 Å². The van der Waals surface area contributed by atoms with Crippen molar-refractivity contribution in [2.45, 2.75) is 32.6 Å². The molecule has 0 saturated heterocycles. The van der Waals surface area contributed by atoms with E-state index in [0.717, 1.165) is 35.6 Å². The molecule has 0 saturated carbocycles. The van der Waals surface area contributed by atoms with Gasteiger partial charge in [-0.15, -0.1) is 0 Å². The summed E-state index contributed by atoms with van der Waals surface area (Å²) in [5, 5.41) is 0. The Kier molecular flexibility index (Phi) is 8.43. The number of halogens is 1. The second kappa shape index (κ2) is 11.9. The second-order valence-electron chi connectivity index (χ2n) is 9.68. The number of hydrogen-bond acceptors (Lipinski definition) is 6. The normalized spacial score (nSPS) is 13.6. The first-order chi connectivity index (χ1) is 19.1. The van der Waals surface area contributed by atoms with Gasteiger partial charge in [-0.1, -0.05) is 56.1 Å². The zero-order valence-electron chi connectivity index (χ0n) is 22.4. The second-order valence-corrected chi connectivity index (χ2v) is 9.68. The minimum Gasteiger partial charge on any atom is -0.462 e. The largest absolute Gasteiger partial charge is 0.462 e. The van der Waals surface area contributed by atoms with Crippen molar-refractivity contribution in [1.82, 2.24) is 0 Å². The van der Waals surface area contributed by atoms with Crippen LogP contribution in [0.15, 0.2) is 91.6 Å². The zero-order chi connectivity index (χ0) is 29.0. The first-order valence-corrected chi connectivity index (χ1v) is 12.7. The molecule has 4 rings (SSSR count). The Morgan fingerprint density at radius 3 is 2.15 bits per heavy atom. The summed E-state index contributed by atoms with van der Waals surface area (Å²) in [7, 11) is 0. The molecule has 0 aliphatic heterocycles. The van der Waals surface area contributed by atoms with E-state index >= 15 is 4.39 Å². The fourth-order valence-corrected chi connectivity index (χ4v) is 4.44. The van der Waals surface area contributed by atoms with Crippen LogP contribution in [-0.2, 0) is 25.5 Å². The third-order valence-corrected chi connectivity index (χ3v) is 6.60. The maximum atomic E-state index is 15.4. The van der Waals surface area contributed by atoms with Crippen molar-refractivity contribution in [1.29, 1.82) is 0 Å². The van der Waals surface area contributed by atoms with Crippen LogP contribution in [0.25, 0.3) is 22.3 Å². The van der Waals surface area contributed by atoms with Gasteiger partial charge >= 0.3 is 17.9 Å². The summed E-state index contributed by atoms with van der Waals surface area (Å²) in [5.74, 6) is -2.11. The Labute approximate surface area is 232 Å². The lowest BCUT2D eigenvalue weighted by Crippen LogP contribution is -2.12. The average Bonchev–Trinajstić information content (AvgIpc) is 3.34. The van der Waals surface area contributed by atoms with Gasteiger partial charge in [-0.25, -0.2) is 18.8 Å². The molecule has 0 radical (unpaired) electrons. The molecule has 204 valence electrons. The maximum Gasteiger partial charge on any atom is 0.338 e. The Hall–Kier alpha value is -4.78. The third kappa shape index (κ3) is 6.26. The van der Waals surface area contributed by atoms with Crippen LogP contribution in [0.1, 0.15) is 37.3 Å². The molecule has 0 amide bonds. The van der Waals surface area contributed by atoms with Crippen LogP contribution in [0.5, 0.6) is 11.5 Å². The van der Waals surface area contributed by atoms with E-state index in [2.05, 4.69) is 19.7 Å². The molecule has 1 atom stereocenters. The number of benzene rings is 3. The Bertz CT molecular complexity index is 1550. The van der Waals surface area contributed by atoms with Gasteiger partial charge in [-0.05, 0) is 72.7 Å². The van der Waals surface area contributed by atoms with Crippen LogP contribution in [-0.4, -0.2) is 24.5 Å². The van der Waals surface area contributed by atoms with Crippen LogP contribution < -0.4 is 9.47 Å². The fourth-order valence-electron chi connectivity index (χ4n) is 4.44. The van der Waals surface area contributed by atoms with E-state index < -0.39 is 23.7 Å². The Balaban J connectivity index is 1.60. The lowest BCUT2D eigenvalue weighted by molar-refractivity contribution is -0.138. The van der Waals surface area contributed by atoms with Gasteiger partial charge in [-0.3, -0.25) is 0 Å². The minimum absolute atomic E-state index is 0.00321. The number of carbonyl (C=O) groups is 3. The summed E-state index contributed by atoms with van der Waals surface area (Å²) in [6.07, 6.45) is 2.81. The summed E-state index contributed by atoms with van der Waals surface area (Å²) in [4.78, 5) is 35.7. The molecule has 3 aromatic rings. The number of rotatable bonds is 9. The maximum absolute atomic E-state index is 15.4. The lowest BCUT2D eigenvalue weighted by Gasteiger charge is -2.14. The minimum atomic E-state index is -0.691. The molecule has 1 aliphatic carbocycles. The van der Waals surface area contributed by atoms with Crippen LogP contribution in [0.4, 0.5) is 4.39 Å². The van der Waals surface area contributed by atoms with Gasteiger partial charge in [0.05, 0.1) is 6.61 Å². The standard InChI is InChI=1S/C33H29FO6/c1-6-31(35)38-18-25-8-7-23-15-24(10-12-26(23)25)27-13-9-21(16-28(27)34)22-11-14-29(39-32(36)19(2)3)30(17-22)40-33(37)20(4)5/h6,9-17,25H,1-2,4,7-8,18H2,3,5H3. The molecule has 0 bridgehead atoms.